The molecular formula is C26H31N7O4S2. The molecule has 11 nitrogen and oxygen atoms in total. The normalized spacial score (nSPS) is 26.2. The number of fused-ring (bicyclic) bond motifs is 6. The van der Waals surface area contributed by atoms with Crippen molar-refractivity contribution < 1.29 is 16.8 Å². The van der Waals surface area contributed by atoms with Crippen LogP contribution < -0.4 is 4.72 Å². The highest BCUT2D eigenvalue weighted by atomic mass is 32.2. The first-order chi connectivity index (χ1) is 18.6. The van der Waals surface area contributed by atoms with Gasteiger partial charge in [0, 0.05) is 30.2 Å². The number of aryl methyl sites for hydroxylation is 1. The Morgan fingerprint density at radius 1 is 0.872 bits per heavy atom. The fourth-order valence-corrected chi connectivity index (χ4v) is 9.75. The van der Waals surface area contributed by atoms with E-state index in [-0.39, 0.29) is 10.3 Å². The minimum atomic E-state index is -3.84. The first-order valence-electron chi connectivity index (χ1n) is 13.5. The van der Waals surface area contributed by atoms with E-state index in [0.29, 0.717) is 29.9 Å². The van der Waals surface area contributed by atoms with Gasteiger partial charge >= 0.3 is 0 Å². The minimum Gasteiger partial charge on any atom is -0.274 e. The predicted octanol–water partition coefficient (Wildman–Crippen LogP) is 2.90. The van der Waals surface area contributed by atoms with Crippen molar-refractivity contribution in [3.63, 3.8) is 0 Å². The van der Waals surface area contributed by atoms with Gasteiger partial charge in [0.2, 0.25) is 0 Å². The number of nitrogens with one attached hydrogen (secondary N) is 1. The number of benzene rings is 1. The molecule has 1 aliphatic heterocycles. The zero-order valence-electron chi connectivity index (χ0n) is 21.7. The average Bonchev–Trinajstić information content (AvgIpc) is 3.69. The minimum absolute atomic E-state index is 0.197. The number of aromatic nitrogens is 5. The molecule has 4 fully saturated rings. The highest BCUT2D eigenvalue weighted by Crippen LogP contribution is 2.53. The van der Waals surface area contributed by atoms with Gasteiger partial charge in [0.15, 0.2) is 11.3 Å². The summed E-state index contributed by atoms with van der Waals surface area (Å²) in [6, 6.07) is 8.51. The van der Waals surface area contributed by atoms with Gasteiger partial charge in [-0.25, -0.2) is 17.4 Å². The summed E-state index contributed by atoms with van der Waals surface area (Å²) in [5.41, 5.74) is 1.81. The summed E-state index contributed by atoms with van der Waals surface area (Å²) in [4.78, 5) is 4.66. The molecule has 4 aliphatic rings. The summed E-state index contributed by atoms with van der Waals surface area (Å²) in [6.45, 7) is 3.09. The quantitative estimate of drug-likeness (QED) is 0.378. The van der Waals surface area contributed by atoms with Crippen molar-refractivity contribution in [3.05, 3.63) is 54.1 Å². The van der Waals surface area contributed by atoms with Crippen LogP contribution in [0, 0.1) is 6.92 Å². The van der Waals surface area contributed by atoms with Crippen LogP contribution in [-0.4, -0.2) is 63.3 Å². The lowest BCUT2D eigenvalue weighted by molar-refractivity contribution is 0.0870. The van der Waals surface area contributed by atoms with E-state index in [1.165, 1.54) is 10.2 Å². The Kier molecular flexibility index (Phi) is 5.52. The second-order valence-corrected chi connectivity index (χ2v) is 14.9. The molecule has 0 atom stereocenters. The molecule has 8 rings (SSSR count). The molecule has 3 saturated carbocycles. The van der Waals surface area contributed by atoms with E-state index < -0.39 is 25.8 Å². The van der Waals surface area contributed by atoms with E-state index in [0.717, 1.165) is 62.8 Å². The van der Waals surface area contributed by atoms with Crippen LogP contribution in [0.25, 0.3) is 16.8 Å². The van der Waals surface area contributed by atoms with Crippen molar-refractivity contribution in [1.29, 1.82) is 0 Å². The van der Waals surface area contributed by atoms with E-state index in [2.05, 4.69) is 19.9 Å². The number of hydrogen-bond acceptors (Lipinski definition) is 7. The van der Waals surface area contributed by atoms with Crippen LogP contribution in [-0.2, 0) is 25.6 Å². The van der Waals surface area contributed by atoms with Crippen LogP contribution in [0.5, 0.6) is 0 Å². The van der Waals surface area contributed by atoms with Gasteiger partial charge in [0.05, 0.1) is 16.6 Å². The lowest BCUT2D eigenvalue weighted by atomic mass is 9.57. The summed E-state index contributed by atoms with van der Waals surface area (Å²) in [6.07, 6.45) is 9.45. The highest BCUT2D eigenvalue weighted by Gasteiger charge is 2.53. The maximum atomic E-state index is 13.5. The molecule has 1 saturated heterocycles. The van der Waals surface area contributed by atoms with Gasteiger partial charge < -0.3 is 0 Å². The summed E-state index contributed by atoms with van der Waals surface area (Å²) in [5, 5.41) is 9.00. The van der Waals surface area contributed by atoms with Gasteiger partial charge in [0.25, 0.3) is 20.2 Å². The van der Waals surface area contributed by atoms with Gasteiger partial charge in [-0.3, -0.25) is 4.40 Å². The molecule has 1 N–H and O–H groups in total. The first kappa shape index (κ1) is 25.1. The van der Waals surface area contributed by atoms with Crippen molar-refractivity contribution in [3.8, 4) is 0 Å². The van der Waals surface area contributed by atoms with Crippen molar-refractivity contribution >= 4 is 37.0 Å². The maximum absolute atomic E-state index is 13.5. The van der Waals surface area contributed by atoms with Gasteiger partial charge in [-0.2, -0.15) is 17.4 Å². The van der Waals surface area contributed by atoms with Gasteiger partial charge in [-0.05, 0) is 76.5 Å². The lowest BCUT2D eigenvalue weighted by Gasteiger charge is -2.52. The van der Waals surface area contributed by atoms with Crippen molar-refractivity contribution in [1.82, 2.24) is 32.6 Å². The molecule has 3 aliphatic carbocycles. The Balaban J connectivity index is 1.23. The van der Waals surface area contributed by atoms with Gasteiger partial charge in [-0.15, -0.1) is 10.2 Å². The van der Waals surface area contributed by atoms with E-state index in [1.54, 1.807) is 40.8 Å². The number of hydrogen-bond donors (Lipinski definition) is 1. The third-order valence-electron chi connectivity index (χ3n) is 9.09. The molecule has 13 heteroatoms. The Hall–Kier alpha value is -2.87. The van der Waals surface area contributed by atoms with E-state index >= 15 is 0 Å². The van der Waals surface area contributed by atoms with Crippen molar-refractivity contribution in [2.75, 3.05) is 13.1 Å². The zero-order chi connectivity index (χ0) is 27.0. The third-order valence-corrected chi connectivity index (χ3v) is 12.5. The monoisotopic (exact) mass is 569 g/mol. The van der Waals surface area contributed by atoms with Gasteiger partial charge in [0.1, 0.15) is 5.82 Å². The Bertz CT molecular complexity index is 1780. The molecule has 206 valence electrons. The SMILES string of the molecule is Cc1ccc(S(=O)(=O)n2ccc3c2ncc2nnc(C45CCC(NS(=O)(=O)N6CCCC6)(CC4)CC5)n23)cc1. The summed E-state index contributed by atoms with van der Waals surface area (Å²) in [5.74, 6) is 0.797. The molecule has 0 amide bonds. The van der Waals surface area contributed by atoms with Crippen molar-refractivity contribution in [2.24, 2.45) is 0 Å². The molecule has 4 aromatic rings. The standard InChI is InChI=1S/C26H31N7O4S2/c1-19-4-6-20(7-5-19)38(34,35)32-17-8-21-23(32)27-18-22-28-29-24(33(21)22)25-9-12-26(13-10-25,14-11-25)30-39(36,37)31-15-2-3-16-31/h4-8,17-18,30H,2-3,9-16H2,1H3. The predicted molar refractivity (Wildman–Crippen MR) is 145 cm³/mol. The van der Waals surface area contributed by atoms with Crippen LogP contribution >= 0.6 is 0 Å². The maximum Gasteiger partial charge on any atom is 0.279 e. The first-order valence-corrected chi connectivity index (χ1v) is 16.3. The Morgan fingerprint density at radius 3 is 2.21 bits per heavy atom. The molecule has 1 aromatic carbocycles. The van der Waals surface area contributed by atoms with E-state index in [9.17, 15) is 16.8 Å². The van der Waals surface area contributed by atoms with Crippen LogP contribution in [0.15, 0.2) is 47.6 Å². The second-order valence-electron chi connectivity index (χ2n) is 11.4. The topological polar surface area (TPSA) is 132 Å². The fourth-order valence-electron chi connectivity index (χ4n) is 6.73. The molecule has 3 aromatic heterocycles. The Morgan fingerprint density at radius 2 is 1.54 bits per heavy atom. The molecule has 0 radical (unpaired) electrons. The molecule has 0 unspecified atom stereocenters. The smallest absolute Gasteiger partial charge is 0.274 e. The lowest BCUT2D eigenvalue weighted by Crippen LogP contribution is -2.60. The third kappa shape index (κ3) is 3.85. The van der Waals surface area contributed by atoms with Crippen molar-refractivity contribution in [2.45, 2.75) is 74.1 Å². The van der Waals surface area contributed by atoms with E-state index in [1.807, 2.05) is 11.3 Å². The highest BCUT2D eigenvalue weighted by molar-refractivity contribution is 7.90. The zero-order valence-corrected chi connectivity index (χ0v) is 23.4. The largest absolute Gasteiger partial charge is 0.279 e. The molecular weight excluding hydrogens is 538 g/mol. The Labute approximate surface area is 227 Å². The summed E-state index contributed by atoms with van der Waals surface area (Å²) >= 11 is 0. The number of nitrogens with zero attached hydrogens (tertiary/aromatic N) is 6. The van der Waals surface area contributed by atoms with Crippen LogP contribution in [0.4, 0.5) is 0 Å². The fraction of sp³-hybridized carbons (Fsp3) is 0.500. The van der Waals surface area contributed by atoms with Crippen LogP contribution in [0.3, 0.4) is 0 Å². The van der Waals surface area contributed by atoms with Crippen LogP contribution in [0.1, 0.15) is 62.8 Å². The molecule has 4 heterocycles. The van der Waals surface area contributed by atoms with Gasteiger partial charge in [-0.1, -0.05) is 17.7 Å². The van der Waals surface area contributed by atoms with E-state index in [4.69, 9.17) is 0 Å². The molecule has 39 heavy (non-hydrogen) atoms. The summed E-state index contributed by atoms with van der Waals surface area (Å²) < 4.78 is 60.8. The average molecular weight is 570 g/mol. The molecule has 2 bridgehead atoms. The number of rotatable bonds is 6. The second kappa shape index (κ2) is 8.56. The summed E-state index contributed by atoms with van der Waals surface area (Å²) in [7, 11) is -7.34. The molecule has 0 spiro atoms. The van der Waals surface area contributed by atoms with Crippen LogP contribution in [0.2, 0.25) is 0 Å².